The molecule has 0 saturated carbocycles. The fraction of sp³-hybridized carbons (Fsp3) is 1.00. The van der Waals surface area contributed by atoms with Gasteiger partial charge in [0, 0.05) is 6.61 Å². The second kappa shape index (κ2) is 10.7. The smallest absolute Gasteiger partial charge is 0.379 e. The molecule has 1 unspecified atom stereocenters. The first-order valence-corrected chi connectivity index (χ1v) is 6.80. The van der Waals surface area contributed by atoms with Crippen molar-refractivity contribution in [1.29, 1.82) is 0 Å². The lowest BCUT2D eigenvalue weighted by Gasteiger charge is -2.28. The number of hydrogen-bond donors (Lipinski definition) is 1. The van der Waals surface area contributed by atoms with Crippen LogP contribution in [0.4, 0.5) is 0 Å². The Morgan fingerprint density at radius 1 is 0.944 bits per heavy atom. The van der Waals surface area contributed by atoms with Crippen molar-refractivity contribution in [2.45, 2.75) is 59.2 Å². The van der Waals surface area contributed by atoms with Crippen LogP contribution in [0.25, 0.3) is 0 Å². The Balaban J connectivity index is 3.95. The highest BCUT2D eigenvalue weighted by Crippen LogP contribution is 2.15. The second-order valence-corrected chi connectivity index (χ2v) is 4.35. The molecule has 0 rings (SSSR count). The van der Waals surface area contributed by atoms with Crippen molar-refractivity contribution in [1.82, 2.24) is 0 Å². The topological polar surface area (TPSA) is 57.2 Å². The molecule has 0 aromatic carbocycles. The Labute approximate surface area is 110 Å². The van der Waals surface area contributed by atoms with Gasteiger partial charge in [-0.05, 0) is 26.7 Å². The molecule has 18 heavy (non-hydrogen) atoms. The van der Waals surface area contributed by atoms with Crippen molar-refractivity contribution < 1.29 is 24.1 Å². The number of ether oxygens (including phenoxy) is 4. The lowest BCUT2D eigenvalue weighted by atomic mass is 10.4. The summed E-state index contributed by atoms with van der Waals surface area (Å²) >= 11 is 0. The Kier molecular flexibility index (Phi) is 10.6. The minimum Gasteiger partial charge on any atom is -0.379 e. The third-order valence-electron chi connectivity index (χ3n) is 2.03. The molecule has 0 aliphatic heterocycles. The molecule has 0 fully saturated rings. The molecule has 0 spiro atoms. The van der Waals surface area contributed by atoms with Gasteiger partial charge in [-0.1, -0.05) is 20.3 Å². The van der Waals surface area contributed by atoms with Gasteiger partial charge in [-0.25, -0.2) is 0 Å². The van der Waals surface area contributed by atoms with E-state index in [9.17, 15) is 5.11 Å². The quantitative estimate of drug-likeness (QED) is 0.433. The monoisotopic (exact) mass is 264 g/mol. The van der Waals surface area contributed by atoms with E-state index in [0.29, 0.717) is 19.8 Å². The first kappa shape index (κ1) is 17.8. The molecule has 1 N–H and O–H groups in total. The molecular formula is C13H28O5. The highest BCUT2D eigenvalue weighted by atomic mass is 17.0. The van der Waals surface area contributed by atoms with Crippen LogP contribution in [0, 0.1) is 0 Å². The van der Waals surface area contributed by atoms with Gasteiger partial charge in [0.2, 0.25) is 0 Å². The van der Waals surface area contributed by atoms with Crippen LogP contribution in [0.5, 0.6) is 0 Å². The maximum absolute atomic E-state index is 10.0. The van der Waals surface area contributed by atoms with Gasteiger partial charge in [0.1, 0.15) is 0 Å². The van der Waals surface area contributed by atoms with Crippen LogP contribution in [-0.4, -0.2) is 43.8 Å². The summed E-state index contributed by atoms with van der Waals surface area (Å²) in [5.41, 5.74) is 0. The van der Waals surface area contributed by atoms with E-state index in [1.165, 1.54) is 0 Å². The molecule has 1 atom stereocenters. The van der Waals surface area contributed by atoms with Crippen LogP contribution in [-0.2, 0) is 18.9 Å². The highest BCUT2D eigenvalue weighted by molar-refractivity contribution is 4.45. The zero-order chi connectivity index (χ0) is 13.9. The summed E-state index contributed by atoms with van der Waals surface area (Å²) in [7, 11) is 0. The molecule has 0 heterocycles. The fourth-order valence-corrected chi connectivity index (χ4v) is 1.23. The third-order valence-corrected chi connectivity index (χ3v) is 2.03. The SMILES string of the molecule is CCCCOC(O)(OCCOCCC)OC(C)C. The predicted molar refractivity (Wildman–Crippen MR) is 69.1 cm³/mol. The van der Waals surface area contributed by atoms with Gasteiger partial charge in [0.15, 0.2) is 0 Å². The summed E-state index contributed by atoms with van der Waals surface area (Å²) in [4.78, 5) is 0. The summed E-state index contributed by atoms with van der Waals surface area (Å²) in [5.74, 6) is 0. The fourth-order valence-electron chi connectivity index (χ4n) is 1.23. The van der Waals surface area contributed by atoms with Gasteiger partial charge in [0.25, 0.3) is 0 Å². The van der Waals surface area contributed by atoms with Gasteiger partial charge in [-0.3, -0.25) is 0 Å². The molecule has 0 aromatic heterocycles. The van der Waals surface area contributed by atoms with E-state index in [1.54, 1.807) is 0 Å². The van der Waals surface area contributed by atoms with Gasteiger partial charge >= 0.3 is 6.16 Å². The Bertz CT molecular complexity index is 186. The van der Waals surface area contributed by atoms with Gasteiger partial charge in [-0.15, -0.1) is 0 Å². The summed E-state index contributed by atoms with van der Waals surface area (Å²) < 4.78 is 21.0. The maximum atomic E-state index is 10.0. The standard InChI is InChI=1S/C13H28O5/c1-5-7-9-16-13(14,18-12(3)4)17-11-10-15-8-6-2/h12,14H,5-11H2,1-4H3. The summed E-state index contributed by atoms with van der Waals surface area (Å²) in [6.07, 6.45) is 0.642. The highest BCUT2D eigenvalue weighted by Gasteiger charge is 2.32. The number of aliphatic hydroxyl groups is 1. The van der Waals surface area contributed by atoms with Crippen molar-refractivity contribution in [3.63, 3.8) is 0 Å². The van der Waals surface area contributed by atoms with E-state index >= 15 is 0 Å². The summed E-state index contributed by atoms with van der Waals surface area (Å²) in [5, 5.41) is 10.0. The van der Waals surface area contributed by atoms with Crippen molar-refractivity contribution in [3.8, 4) is 0 Å². The molecular weight excluding hydrogens is 236 g/mol. The lowest BCUT2D eigenvalue weighted by Crippen LogP contribution is -2.42. The van der Waals surface area contributed by atoms with E-state index in [1.807, 2.05) is 27.7 Å². The molecule has 0 radical (unpaired) electrons. The lowest BCUT2D eigenvalue weighted by molar-refractivity contribution is -0.493. The first-order chi connectivity index (χ1) is 8.54. The van der Waals surface area contributed by atoms with Gasteiger partial charge in [-0.2, -0.15) is 0 Å². The van der Waals surface area contributed by atoms with Crippen molar-refractivity contribution in [3.05, 3.63) is 0 Å². The van der Waals surface area contributed by atoms with Crippen molar-refractivity contribution in [2.24, 2.45) is 0 Å². The van der Waals surface area contributed by atoms with E-state index in [-0.39, 0.29) is 12.7 Å². The van der Waals surface area contributed by atoms with Crippen LogP contribution < -0.4 is 0 Å². The van der Waals surface area contributed by atoms with E-state index in [0.717, 1.165) is 19.3 Å². The molecule has 0 aliphatic rings. The second-order valence-electron chi connectivity index (χ2n) is 4.35. The van der Waals surface area contributed by atoms with E-state index in [2.05, 4.69) is 0 Å². The molecule has 5 nitrogen and oxygen atoms in total. The largest absolute Gasteiger partial charge is 0.410 e. The van der Waals surface area contributed by atoms with Gasteiger partial charge < -0.3 is 24.1 Å². The van der Waals surface area contributed by atoms with Gasteiger partial charge in [0.05, 0.1) is 25.9 Å². The average molecular weight is 264 g/mol. The van der Waals surface area contributed by atoms with Crippen LogP contribution >= 0.6 is 0 Å². The van der Waals surface area contributed by atoms with Crippen molar-refractivity contribution >= 4 is 0 Å². The summed E-state index contributed by atoms with van der Waals surface area (Å²) in [6.45, 7) is 9.43. The molecule has 5 heteroatoms. The molecule has 0 saturated heterocycles. The number of rotatable bonds is 12. The minimum atomic E-state index is -1.96. The molecule has 0 aromatic rings. The van der Waals surface area contributed by atoms with Crippen LogP contribution in [0.1, 0.15) is 47.0 Å². The Morgan fingerprint density at radius 3 is 2.17 bits per heavy atom. The number of hydrogen-bond acceptors (Lipinski definition) is 5. The molecule has 0 bridgehead atoms. The summed E-state index contributed by atoms with van der Waals surface area (Å²) in [6, 6.07) is 0. The average Bonchev–Trinajstić information content (AvgIpc) is 2.28. The molecule has 110 valence electrons. The first-order valence-electron chi connectivity index (χ1n) is 6.80. The maximum Gasteiger partial charge on any atom is 0.410 e. The van der Waals surface area contributed by atoms with Crippen LogP contribution in [0.15, 0.2) is 0 Å². The molecule has 0 amide bonds. The number of unbranched alkanes of at least 4 members (excludes halogenated alkanes) is 1. The van der Waals surface area contributed by atoms with E-state index in [4.69, 9.17) is 18.9 Å². The minimum absolute atomic E-state index is 0.187. The Hall–Kier alpha value is -0.200. The molecule has 0 aliphatic carbocycles. The predicted octanol–water partition coefficient (Wildman–Crippen LogP) is 2.27. The Morgan fingerprint density at radius 2 is 1.61 bits per heavy atom. The zero-order valence-corrected chi connectivity index (χ0v) is 12.1. The third kappa shape index (κ3) is 9.79. The zero-order valence-electron chi connectivity index (χ0n) is 12.1. The van der Waals surface area contributed by atoms with Crippen LogP contribution in [0.2, 0.25) is 0 Å². The van der Waals surface area contributed by atoms with E-state index < -0.39 is 6.16 Å². The van der Waals surface area contributed by atoms with Crippen LogP contribution in [0.3, 0.4) is 0 Å². The van der Waals surface area contributed by atoms with Crippen molar-refractivity contribution in [2.75, 3.05) is 26.4 Å². The normalized spacial score (nSPS) is 15.0.